The van der Waals surface area contributed by atoms with Crippen LogP contribution in [-0.4, -0.2) is 7.11 Å². The molecule has 0 aliphatic rings. The molecule has 0 amide bonds. The number of alkyl halides is 1. The lowest BCUT2D eigenvalue weighted by Gasteiger charge is -2.30. The summed E-state index contributed by atoms with van der Waals surface area (Å²) in [6.45, 7) is 8.88. The number of hydrogen-bond acceptors (Lipinski definition) is 1. The third kappa shape index (κ3) is 2.79. The predicted molar refractivity (Wildman–Crippen MR) is 73.5 cm³/mol. The van der Waals surface area contributed by atoms with Crippen LogP contribution in [0.5, 0.6) is 5.75 Å². The van der Waals surface area contributed by atoms with Crippen molar-refractivity contribution < 1.29 is 4.74 Å². The van der Waals surface area contributed by atoms with Crippen LogP contribution in [-0.2, 0) is 0 Å². The van der Waals surface area contributed by atoms with Gasteiger partial charge >= 0.3 is 0 Å². The smallest absolute Gasteiger partial charge is 0.123 e. The Hall–Kier alpha value is -0.500. The number of benzene rings is 1. The average Bonchev–Trinajstić information content (AvgIpc) is 2.28. The summed E-state index contributed by atoms with van der Waals surface area (Å²) in [7, 11) is 1.73. The molecule has 0 bridgehead atoms. The van der Waals surface area contributed by atoms with E-state index in [1.807, 2.05) is 6.07 Å². The molecular weight excluding hydrogens is 264 g/mol. The zero-order valence-corrected chi connectivity index (χ0v) is 12.4. The Balaban J connectivity index is 3.16. The maximum Gasteiger partial charge on any atom is 0.123 e. The van der Waals surface area contributed by atoms with Gasteiger partial charge in [-0.25, -0.2) is 0 Å². The molecule has 1 atom stereocenters. The molecule has 0 heterocycles. The van der Waals surface area contributed by atoms with Crippen LogP contribution >= 0.6 is 15.9 Å². The minimum Gasteiger partial charge on any atom is -0.496 e. The fraction of sp³-hybridized carbons (Fsp3) is 0.571. The normalized spacial score (nSPS) is 13.6. The summed E-state index contributed by atoms with van der Waals surface area (Å²) in [5.74, 6) is 0.967. The SMILES string of the molecule is CCC(C)(C)C(Br)c1cc(C)ccc1OC. The lowest BCUT2D eigenvalue weighted by Crippen LogP contribution is -2.17. The Bertz CT molecular complexity index is 358. The third-order valence-electron chi connectivity index (χ3n) is 3.26. The van der Waals surface area contributed by atoms with Crippen LogP contribution in [0.4, 0.5) is 0 Å². The van der Waals surface area contributed by atoms with Gasteiger partial charge in [0.2, 0.25) is 0 Å². The van der Waals surface area contributed by atoms with Crippen LogP contribution in [0.15, 0.2) is 18.2 Å². The highest BCUT2D eigenvalue weighted by Gasteiger charge is 2.28. The van der Waals surface area contributed by atoms with Crippen molar-refractivity contribution in [2.24, 2.45) is 5.41 Å². The van der Waals surface area contributed by atoms with Gasteiger partial charge < -0.3 is 4.74 Å². The van der Waals surface area contributed by atoms with E-state index in [1.54, 1.807) is 7.11 Å². The maximum absolute atomic E-state index is 5.43. The molecule has 0 spiro atoms. The second-order valence-corrected chi connectivity index (χ2v) is 5.87. The highest BCUT2D eigenvalue weighted by atomic mass is 79.9. The molecule has 0 aliphatic heterocycles. The second-order valence-electron chi connectivity index (χ2n) is 4.95. The molecule has 1 aromatic carbocycles. The molecule has 1 nitrogen and oxygen atoms in total. The van der Waals surface area contributed by atoms with Crippen LogP contribution in [0.25, 0.3) is 0 Å². The molecule has 90 valence electrons. The van der Waals surface area contributed by atoms with Gasteiger partial charge in [0.1, 0.15) is 5.75 Å². The minimum absolute atomic E-state index is 0.223. The minimum atomic E-state index is 0.223. The first-order valence-electron chi connectivity index (χ1n) is 5.71. The van der Waals surface area contributed by atoms with Gasteiger partial charge in [-0.2, -0.15) is 0 Å². The number of halogens is 1. The van der Waals surface area contributed by atoms with Crippen LogP contribution in [0.3, 0.4) is 0 Å². The predicted octanol–water partition coefficient (Wildman–Crippen LogP) is 4.88. The van der Waals surface area contributed by atoms with Crippen molar-refractivity contribution in [2.45, 2.75) is 38.9 Å². The van der Waals surface area contributed by atoms with Crippen LogP contribution in [0.2, 0.25) is 0 Å². The summed E-state index contributed by atoms with van der Waals surface area (Å²) < 4.78 is 5.43. The zero-order valence-electron chi connectivity index (χ0n) is 10.8. The van der Waals surface area contributed by atoms with Crippen molar-refractivity contribution in [1.29, 1.82) is 0 Å². The highest BCUT2D eigenvalue weighted by Crippen LogP contribution is 2.46. The van der Waals surface area contributed by atoms with Crippen LogP contribution in [0.1, 0.15) is 43.1 Å². The Morgan fingerprint density at radius 3 is 2.50 bits per heavy atom. The number of ether oxygens (including phenoxy) is 1. The zero-order chi connectivity index (χ0) is 12.3. The number of aryl methyl sites for hydroxylation is 1. The molecule has 1 rings (SSSR count). The molecule has 0 fully saturated rings. The Kier molecular flexibility index (Phi) is 4.43. The van der Waals surface area contributed by atoms with Crippen LogP contribution < -0.4 is 4.74 Å². The summed E-state index contributed by atoms with van der Waals surface area (Å²) >= 11 is 3.81. The van der Waals surface area contributed by atoms with Gasteiger partial charge in [-0.05, 0) is 24.8 Å². The lowest BCUT2D eigenvalue weighted by atomic mass is 9.82. The van der Waals surface area contributed by atoms with Gasteiger partial charge in [-0.15, -0.1) is 0 Å². The molecule has 1 unspecified atom stereocenters. The van der Waals surface area contributed by atoms with Crippen molar-refractivity contribution in [3.8, 4) is 5.75 Å². The Morgan fingerprint density at radius 2 is 2.00 bits per heavy atom. The molecular formula is C14H21BrO. The lowest BCUT2D eigenvalue weighted by molar-refractivity contribution is 0.334. The number of methoxy groups -OCH3 is 1. The van der Waals surface area contributed by atoms with Crippen molar-refractivity contribution >= 4 is 15.9 Å². The summed E-state index contributed by atoms with van der Waals surface area (Å²) in [4.78, 5) is 0.319. The second kappa shape index (κ2) is 5.22. The first-order valence-corrected chi connectivity index (χ1v) is 6.62. The molecule has 0 saturated heterocycles. The topological polar surface area (TPSA) is 9.23 Å². The van der Waals surface area contributed by atoms with E-state index < -0.39 is 0 Å². The van der Waals surface area contributed by atoms with Crippen molar-refractivity contribution in [3.05, 3.63) is 29.3 Å². The van der Waals surface area contributed by atoms with E-state index in [0.29, 0.717) is 4.83 Å². The van der Waals surface area contributed by atoms with Crippen molar-refractivity contribution in [3.63, 3.8) is 0 Å². The maximum atomic E-state index is 5.43. The quantitative estimate of drug-likeness (QED) is 0.717. The summed E-state index contributed by atoms with van der Waals surface area (Å²) in [5.41, 5.74) is 2.74. The van der Waals surface area contributed by atoms with Crippen molar-refractivity contribution in [2.75, 3.05) is 7.11 Å². The van der Waals surface area contributed by atoms with Gasteiger partial charge in [-0.3, -0.25) is 0 Å². The Morgan fingerprint density at radius 1 is 1.38 bits per heavy atom. The van der Waals surface area contributed by atoms with Gasteiger partial charge in [-0.1, -0.05) is 54.4 Å². The molecule has 0 aromatic heterocycles. The van der Waals surface area contributed by atoms with Crippen LogP contribution in [0, 0.1) is 12.3 Å². The fourth-order valence-electron chi connectivity index (χ4n) is 1.65. The monoisotopic (exact) mass is 284 g/mol. The van der Waals surface area contributed by atoms with Gasteiger partial charge in [0, 0.05) is 10.4 Å². The molecule has 0 saturated carbocycles. The first kappa shape index (κ1) is 13.6. The molecule has 0 radical (unpaired) electrons. The van der Waals surface area contributed by atoms with Gasteiger partial charge in [0.05, 0.1) is 7.11 Å². The van der Waals surface area contributed by atoms with E-state index in [9.17, 15) is 0 Å². The third-order valence-corrected chi connectivity index (χ3v) is 4.99. The van der Waals surface area contributed by atoms with E-state index in [0.717, 1.165) is 12.2 Å². The molecule has 0 N–H and O–H groups in total. The van der Waals surface area contributed by atoms with Crippen molar-refractivity contribution in [1.82, 2.24) is 0 Å². The van der Waals surface area contributed by atoms with E-state index in [4.69, 9.17) is 4.74 Å². The standard InChI is InChI=1S/C14H21BrO/c1-6-14(3,4)13(15)11-9-10(2)7-8-12(11)16-5/h7-9,13H,6H2,1-5H3. The van der Waals surface area contributed by atoms with E-state index in [1.165, 1.54) is 11.1 Å². The summed E-state index contributed by atoms with van der Waals surface area (Å²) in [5, 5.41) is 0. The summed E-state index contributed by atoms with van der Waals surface area (Å²) in [6.07, 6.45) is 1.13. The number of rotatable bonds is 4. The van der Waals surface area contributed by atoms with Gasteiger partial charge in [0.25, 0.3) is 0 Å². The first-order chi connectivity index (χ1) is 7.42. The fourth-order valence-corrected chi connectivity index (χ4v) is 2.33. The molecule has 2 heteroatoms. The number of hydrogen-bond donors (Lipinski definition) is 0. The Labute approximate surface area is 107 Å². The van der Waals surface area contributed by atoms with E-state index >= 15 is 0 Å². The molecule has 16 heavy (non-hydrogen) atoms. The summed E-state index contributed by atoms with van der Waals surface area (Å²) in [6, 6.07) is 6.33. The largest absolute Gasteiger partial charge is 0.496 e. The molecule has 0 aliphatic carbocycles. The molecule has 1 aromatic rings. The van der Waals surface area contributed by atoms with E-state index in [-0.39, 0.29) is 5.41 Å². The van der Waals surface area contributed by atoms with E-state index in [2.05, 4.69) is 55.8 Å². The van der Waals surface area contributed by atoms with Gasteiger partial charge in [0.15, 0.2) is 0 Å². The average molecular weight is 285 g/mol. The highest BCUT2D eigenvalue weighted by molar-refractivity contribution is 9.09.